The largest absolute Gasteiger partial charge is 0.492 e. The van der Waals surface area contributed by atoms with Crippen LogP contribution in [0.2, 0.25) is 0 Å². The van der Waals surface area contributed by atoms with E-state index in [1.54, 1.807) is 19.1 Å². The van der Waals surface area contributed by atoms with Crippen molar-refractivity contribution >= 4 is 11.5 Å². The fraction of sp³-hybridized carbons (Fsp3) is 0.350. The van der Waals surface area contributed by atoms with Gasteiger partial charge in [0.05, 0.1) is 6.61 Å². The Morgan fingerprint density at radius 1 is 1.30 bits per heavy atom. The van der Waals surface area contributed by atoms with Gasteiger partial charge in [0.25, 0.3) is 0 Å². The van der Waals surface area contributed by atoms with Gasteiger partial charge in [-0.05, 0) is 38.0 Å². The molecule has 0 saturated heterocycles. The van der Waals surface area contributed by atoms with Crippen molar-refractivity contribution in [1.29, 1.82) is 0 Å². The van der Waals surface area contributed by atoms with Gasteiger partial charge in [-0.25, -0.2) is 4.79 Å². The van der Waals surface area contributed by atoms with Gasteiger partial charge in [-0.2, -0.15) is 0 Å². The van der Waals surface area contributed by atoms with Gasteiger partial charge in [-0.15, -0.1) is 0 Å². The zero-order valence-corrected chi connectivity index (χ0v) is 14.6. The zero-order chi connectivity index (χ0) is 17.5. The van der Waals surface area contributed by atoms with Gasteiger partial charge >= 0.3 is 5.97 Å². The van der Waals surface area contributed by atoms with Gasteiger partial charge in [0.15, 0.2) is 0 Å². The van der Waals surface area contributed by atoms with Crippen LogP contribution >= 0.6 is 0 Å². The lowest BCUT2D eigenvalue weighted by molar-refractivity contribution is -0.131. The van der Waals surface area contributed by atoms with Crippen LogP contribution in [0, 0.1) is 5.41 Å². The molecule has 2 rings (SSSR count). The Balaban J connectivity index is 0.000000257. The summed E-state index contributed by atoms with van der Waals surface area (Å²) >= 11 is 0. The molecule has 1 aliphatic rings. The number of hydrogen-bond acceptors (Lipinski definition) is 2. The minimum atomic E-state index is -0.898. The Morgan fingerprint density at radius 2 is 1.96 bits per heavy atom. The van der Waals surface area contributed by atoms with Crippen molar-refractivity contribution in [2.24, 2.45) is 5.41 Å². The highest BCUT2D eigenvalue weighted by Crippen LogP contribution is 2.34. The number of benzene rings is 1. The molecule has 1 aromatic carbocycles. The van der Waals surface area contributed by atoms with E-state index in [9.17, 15) is 4.79 Å². The molecule has 1 aromatic rings. The molecule has 0 fully saturated rings. The van der Waals surface area contributed by atoms with E-state index in [0.29, 0.717) is 0 Å². The van der Waals surface area contributed by atoms with E-state index in [-0.39, 0.29) is 5.41 Å². The van der Waals surface area contributed by atoms with Crippen LogP contribution in [0.15, 0.2) is 54.1 Å². The van der Waals surface area contributed by atoms with Crippen molar-refractivity contribution in [3.63, 3.8) is 0 Å². The van der Waals surface area contributed by atoms with E-state index < -0.39 is 5.97 Å². The first-order valence-electron chi connectivity index (χ1n) is 7.71. The fourth-order valence-electron chi connectivity index (χ4n) is 2.39. The van der Waals surface area contributed by atoms with Crippen molar-refractivity contribution in [2.45, 2.75) is 34.6 Å². The predicted octanol–water partition coefficient (Wildman–Crippen LogP) is 5.10. The summed E-state index contributed by atoms with van der Waals surface area (Å²) in [6.07, 6.45) is 7.00. The number of ether oxygens (including phenoxy) is 1. The van der Waals surface area contributed by atoms with E-state index in [2.05, 4.69) is 39.0 Å². The molecule has 124 valence electrons. The quantitative estimate of drug-likeness (QED) is 0.610. The van der Waals surface area contributed by atoms with Crippen molar-refractivity contribution in [1.82, 2.24) is 0 Å². The first kappa shape index (κ1) is 18.8. The molecule has 0 aliphatic carbocycles. The summed E-state index contributed by atoms with van der Waals surface area (Å²) in [6.45, 7) is 10.9. The normalized spacial score (nSPS) is 16.4. The highest BCUT2D eigenvalue weighted by molar-refractivity contribution is 5.81. The predicted molar refractivity (Wildman–Crippen MR) is 95.6 cm³/mol. The smallest absolute Gasteiger partial charge is 0.328 e. The van der Waals surface area contributed by atoms with E-state index in [0.717, 1.165) is 17.9 Å². The molecule has 0 aromatic heterocycles. The maximum atomic E-state index is 9.97. The molecule has 0 atom stereocenters. The summed E-state index contributed by atoms with van der Waals surface area (Å²) in [5, 5.41) is 8.20. The second-order valence-corrected chi connectivity index (χ2v) is 6.33. The number of carboxylic acid groups (broad SMARTS) is 1. The molecular formula is C20H26O3. The SMILES string of the molecule is C/C=C/C(C)=C/C(=O)O.CC1=CC(C)(C)COc2ccccc21. The Hall–Kier alpha value is -2.29. The lowest BCUT2D eigenvalue weighted by atomic mass is 9.91. The zero-order valence-electron chi connectivity index (χ0n) is 14.6. The minimum Gasteiger partial charge on any atom is -0.492 e. The number of para-hydroxylation sites is 1. The minimum absolute atomic E-state index is 0.128. The lowest BCUT2D eigenvalue weighted by Crippen LogP contribution is -2.17. The first-order chi connectivity index (χ1) is 10.7. The molecule has 0 amide bonds. The average Bonchev–Trinajstić information content (AvgIpc) is 2.56. The molecular weight excluding hydrogens is 288 g/mol. The van der Waals surface area contributed by atoms with Crippen LogP contribution in [-0.2, 0) is 4.79 Å². The van der Waals surface area contributed by atoms with E-state index in [4.69, 9.17) is 9.84 Å². The first-order valence-corrected chi connectivity index (χ1v) is 7.71. The number of rotatable bonds is 2. The van der Waals surface area contributed by atoms with Gasteiger partial charge in [-0.1, -0.05) is 50.3 Å². The maximum Gasteiger partial charge on any atom is 0.328 e. The number of carbonyl (C=O) groups is 1. The molecule has 3 heteroatoms. The number of allylic oxidation sites excluding steroid dienone is 4. The second kappa shape index (κ2) is 8.37. The number of fused-ring (bicyclic) bond motifs is 1. The van der Waals surface area contributed by atoms with Crippen molar-refractivity contribution in [3.8, 4) is 5.75 Å². The molecule has 0 radical (unpaired) electrons. The molecule has 1 N–H and O–H groups in total. The number of hydrogen-bond donors (Lipinski definition) is 1. The van der Waals surface area contributed by atoms with Crippen LogP contribution < -0.4 is 4.74 Å². The third-order valence-electron chi connectivity index (χ3n) is 3.30. The van der Waals surface area contributed by atoms with Gasteiger partial charge in [-0.3, -0.25) is 0 Å². The highest BCUT2D eigenvalue weighted by atomic mass is 16.5. The monoisotopic (exact) mass is 314 g/mol. The molecule has 0 unspecified atom stereocenters. The van der Waals surface area contributed by atoms with Crippen LogP contribution in [0.5, 0.6) is 5.75 Å². The standard InChI is InChI=1S/C13H16O.C7H10O2/c1-10-8-13(2,3)9-14-12-7-5-4-6-11(10)12;1-3-4-6(2)5-7(8)9/h4-8H,9H2,1-3H3;3-5H,1-2H3,(H,8,9)/b;4-3+,6-5+. The van der Waals surface area contributed by atoms with Crippen molar-refractivity contribution < 1.29 is 14.6 Å². The molecule has 3 nitrogen and oxygen atoms in total. The lowest BCUT2D eigenvalue weighted by Gasteiger charge is -2.18. The number of aliphatic carboxylic acids is 1. The third-order valence-corrected chi connectivity index (χ3v) is 3.30. The summed E-state index contributed by atoms with van der Waals surface area (Å²) in [5.74, 6) is 0.109. The van der Waals surface area contributed by atoms with Crippen LogP contribution in [0.25, 0.3) is 5.57 Å². The Morgan fingerprint density at radius 3 is 2.57 bits per heavy atom. The summed E-state index contributed by atoms with van der Waals surface area (Å²) < 4.78 is 5.78. The maximum absolute atomic E-state index is 9.97. The topological polar surface area (TPSA) is 46.5 Å². The van der Waals surface area contributed by atoms with Crippen LogP contribution in [0.1, 0.15) is 40.2 Å². The van der Waals surface area contributed by atoms with Crippen molar-refractivity contribution in [2.75, 3.05) is 6.61 Å². The van der Waals surface area contributed by atoms with E-state index in [1.807, 2.05) is 19.1 Å². The fourth-order valence-corrected chi connectivity index (χ4v) is 2.39. The van der Waals surface area contributed by atoms with Crippen LogP contribution in [-0.4, -0.2) is 17.7 Å². The molecule has 1 heterocycles. The Bertz CT molecular complexity index is 634. The Kier molecular flexibility index (Phi) is 6.83. The van der Waals surface area contributed by atoms with Crippen LogP contribution in [0.4, 0.5) is 0 Å². The van der Waals surface area contributed by atoms with E-state index in [1.165, 1.54) is 17.2 Å². The molecule has 0 spiro atoms. The molecule has 0 saturated carbocycles. The van der Waals surface area contributed by atoms with Crippen LogP contribution in [0.3, 0.4) is 0 Å². The van der Waals surface area contributed by atoms with Gasteiger partial charge in [0, 0.05) is 17.1 Å². The Labute approximate surface area is 139 Å². The third kappa shape index (κ3) is 6.55. The van der Waals surface area contributed by atoms with E-state index >= 15 is 0 Å². The molecule has 1 aliphatic heterocycles. The summed E-state index contributed by atoms with van der Waals surface area (Å²) in [7, 11) is 0. The summed E-state index contributed by atoms with van der Waals surface area (Å²) in [4.78, 5) is 9.97. The number of carboxylic acids is 1. The second-order valence-electron chi connectivity index (χ2n) is 6.33. The molecule has 0 bridgehead atoms. The average molecular weight is 314 g/mol. The van der Waals surface area contributed by atoms with Gasteiger partial charge in [0.1, 0.15) is 5.75 Å². The highest BCUT2D eigenvalue weighted by Gasteiger charge is 2.21. The molecule has 23 heavy (non-hydrogen) atoms. The summed E-state index contributed by atoms with van der Waals surface area (Å²) in [5.41, 5.74) is 3.41. The van der Waals surface area contributed by atoms with Crippen molar-refractivity contribution in [3.05, 3.63) is 59.7 Å². The summed E-state index contributed by atoms with van der Waals surface area (Å²) in [6, 6.07) is 8.22. The van der Waals surface area contributed by atoms with Gasteiger partial charge < -0.3 is 9.84 Å². The van der Waals surface area contributed by atoms with Gasteiger partial charge in [0.2, 0.25) is 0 Å².